The SMILES string of the molecule is Cc1nc2ccc(S(=O)(=O)NC(C)c3ccccc3)cc2o1. The van der Waals surface area contributed by atoms with Crippen LogP contribution in [0.2, 0.25) is 0 Å². The van der Waals surface area contributed by atoms with Crippen LogP contribution in [0.15, 0.2) is 57.8 Å². The second-order valence-electron chi connectivity index (χ2n) is 5.12. The molecular formula is C16H16N2O3S. The zero-order chi connectivity index (χ0) is 15.7. The molecule has 5 nitrogen and oxygen atoms in total. The van der Waals surface area contributed by atoms with E-state index in [1.54, 1.807) is 13.0 Å². The smallest absolute Gasteiger partial charge is 0.241 e. The normalized spacial score (nSPS) is 13.4. The molecule has 0 amide bonds. The predicted octanol–water partition coefficient (Wildman–Crippen LogP) is 3.18. The number of aromatic nitrogens is 1. The lowest BCUT2D eigenvalue weighted by atomic mass is 10.1. The second kappa shape index (κ2) is 5.55. The van der Waals surface area contributed by atoms with Gasteiger partial charge in [0.05, 0.1) is 4.90 Å². The number of hydrogen-bond donors (Lipinski definition) is 1. The van der Waals surface area contributed by atoms with Crippen LogP contribution >= 0.6 is 0 Å². The summed E-state index contributed by atoms with van der Waals surface area (Å²) in [5.41, 5.74) is 2.02. The van der Waals surface area contributed by atoms with E-state index in [9.17, 15) is 8.42 Å². The molecular weight excluding hydrogens is 300 g/mol. The van der Waals surface area contributed by atoms with Crippen molar-refractivity contribution in [3.05, 3.63) is 60.0 Å². The largest absolute Gasteiger partial charge is 0.441 e. The van der Waals surface area contributed by atoms with Crippen LogP contribution in [-0.4, -0.2) is 13.4 Å². The van der Waals surface area contributed by atoms with E-state index in [0.717, 1.165) is 5.56 Å². The summed E-state index contributed by atoms with van der Waals surface area (Å²) in [6.45, 7) is 3.54. The maximum absolute atomic E-state index is 12.5. The summed E-state index contributed by atoms with van der Waals surface area (Å²) in [6, 6.07) is 13.8. The van der Waals surface area contributed by atoms with Crippen molar-refractivity contribution in [3.8, 4) is 0 Å². The van der Waals surface area contributed by atoms with Crippen LogP contribution in [0.25, 0.3) is 11.1 Å². The van der Waals surface area contributed by atoms with Gasteiger partial charge in [-0.05, 0) is 24.6 Å². The van der Waals surface area contributed by atoms with Gasteiger partial charge >= 0.3 is 0 Å². The molecule has 1 unspecified atom stereocenters. The minimum atomic E-state index is -3.63. The molecule has 1 aromatic heterocycles. The number of aryl methyl sites for hydroxylation is 1. The van der Waals surface area contributed by atoms with Crippen molar-refractivity contribution >= 4 is 21.1 Å². The fourth-order valence-electron chi connectivity index (χ4n) is 2.30. The number of oxazole rings is 1. The zero-order valence-corrected chi connectivity index (χ0v) is 13.1. The van der Waals surface area contributed by atoms with Gasteiger partial charge in [0.2, 0.25) is 10.0 Å². The molecule has 22 heavy (non-hydrogen) atoms. The van der Waals surface area contributed by atoms with Crippen LogP contribution in [0.3, 0.4) is 0 Å². The summed E-state index contributed by atoms with van der Waals surface area (Å²) in [6.07, 6.45) is 0. The molecule has 3 rings (SSSR count). The molecule has 0 fully saturated rings. The number of rotatable bonds is 4. The topological polar surface area (TPSA) is 72.2 Å². The average Bonchev–Trinajstić information content (AvgIpc) is 2.86. The molecule has 6 heteroatoms. The molecule has 0 aliphatic rings. The number of nitrogens with one attached hydrogen (secondary N) is 1. The lowest BCUT2D eigenvalue weighted by Crippen LogP contribution is -2.26. The molecule has 0 saturated carbocycles. The number of fused-ring (bicyclic) bond motifs is 1. The predicted molar refractivity (Wildman–Crippen MR) is 83.9 cm³/mol. The minimum Gasteiger partial charge on any atom is -0.441 e. The van der Waals surface area contributed by atoms with Gasteiger partial charge in [-0.15, -0.1) is 0 Å². The molecule has 114 valence electrons. The number of nitrogens with zero attached hydrogens (tertiary/aromatic N) is 1. The summed E-state index contributed by atoms with van der Waals surface area (Å²) >= 11 is 0. The number of benzene rings is 2. The van der Waals surface area contributed by atoms with Gasteiger partial charge in [0.1, 0.15) is 5.52 Å². The van der Waals surface area contributed by atoms with E-state index >= 15 is 0 Å². The van der Waals surface area contributed by atoms with E-state index in [-0.39, 0.29) is 10.9 Å². The summed E-state index contributed by atoms with van der Waals surface area (Å²) in [5, 5.41) is 0. The first kappa shape index (κ1) is 14.7. The first-order chi connectivity index (χ1) is 10.5. The molecule has 0 spiro atoms. The minimum absolute atomic E-state index is 0.166. The molecule has 0 aliphatic heterocycles. The molecule has 1 atom stereocenters. The summed E-state index contributed by atoms with van der Waals surface area (Å²) in [7, 11) is -3.63. The Balaban J connectivity index is 1.90. The van der Waals surface area contributed by atoms with Gasteiger partial charge in [0, 0.05) is 19.0 Å². The fourth-order valence-corrected chi connectivity index (χ4v) is 3.54. The van der Waals surface area contributed by atoms with Gasteiger partial charge < -0.3 is 4.42 Å². The zero-order valence-electron chi connectivity index (χ0n) is 12.3. The Morgan fingerprint density at radius 2 is 1.86 bits per heavy atom. The Labute approximate surface area is 129 Å². The third-order valence-electron chi connectivity index (χ3n) is 3.41. The molecule has 1 heterocycles. The molecule has 0 saturated heterocycles. The van der Waals surface area contributed by atoms with Gasteiger partial charge in [-0.3, -0.25) is 0 Å². The van der Waals surface area contributed by atoms with Crippen molar-refractivity contribution in [2.24, 2.45) is 0 Å². The second-order valence-corrected chi connectivity index (χ2v) is 6.83. The van der Waals surface area contributed by atoms with Gasteiger partial charge in [0.15, 0.2) is 11.5 Å². The number of sulfonamides is 1. The average molecular weight is 316 g/mol. The van der Waals surface area contributed by atoms with Crippen LogP contribution in [0.1, 0.15) is 24.4 Å². The van der Waals surface area contributed by atoms with E-state index in [1.165, 1.54) is 12.1 Å². The van der Waals surface area contributed by atoms with Crippen molar-refractivity contribution in [1.29, 1.82) is 0 Å². The van der Waals surface area contributed by atoms with E-state index in [2.05, 4.69) is 9.71 Å². The molecule has 1 N–H and O–H groups in total. The highest BCUT2D eigenvalue weighted by atomic mass is 32.2. The fraction of sp³-hybridized carbons (Fsp3) is 0.188. The summed E-state index contributed by atoms with van der Waals surface area (Å²) < 4.78 is 33.0. The van der Waals surface area contributed by atoms with Crippen LogP contribution in [0, 0.1) is 6.92 Å². The highest BCUT2D eigenvalue weighted by molar-refractivity contribution is 7.89. The maximum Gasteiger partial charge on any atom is 0.241 e. The Morgan fingerprint density at radius 1 is 1.14 bits per heavy atom. The Bertz CT molecular complexity index is 902. The number of hydrogen-bond acceptors (Lipinski definition) is 4. The monoisotopic (exact) mass is 316 g/mol. The summed E-state index contributed by atoms with van der Waals surface area (Å²) in [5.74, 6) is 0.509. The third kappa shape index (κ3) is 2.88. The summed E-state index contributed by atoms with van der Waals surface area (Å²) in [4.78, 5) is 4.33. The van der Waals surface area contributed by atoms with E-state index in [4.69, 9.17) is 4.42 Å². The van der Waals surface area contributed by atoms with Crippen molar-refractivity contribution in [1.82, 2.24) is 9.71 Å². The van der Waals surface area contributed by atoms with Crippen LogP contribution in [0.4, 0.5) is 0 Å². The quantitative estimate of drug-likeness (QED) is 0.802. The Hall–Kier alpha value is -2.18. The highest BCUT2D eigenvalue weighted by Crippen LogP contribution is 2.21. The van der Waals surface area contributed by atoms with Crippen molar-refractivity contribution in [3.63, 3.8) is 0 Å². The van der Waals surface area contributed by atoms with E-state index in [0.29, 0.717) is 17.0 Å². The lowest BCUT2D eigenvalue weighted by Gasteiger charge is -2.14. The van der Waals surface area contributed by atoms with Crippen molar-refractivity contribution in [2.75, 3.05) is 0 Å². The molecule has 2 aromatic carbocycles. The standard InChI is InChI=1S/C16H16N2O3S/c1-11(13-6-4-3-5-7-13)18-22(19,20)14-8-9-15-16(10-14)21-12(2)17-15/h3-11,18H,1-2H3. The third-order valence-corrected chi connectivity index (χ3v) is 4.95. The maximum atomic E-state index is 12.5. The van der Waals surface area contributed by atoms with Crippen LogP contribution in [-0.2, 0) is 10.0 Å². The van der Waals surface area contributed by atoms with Gasteiger partial charge in [-0.25, -0.2) is 18.1 Å². The molecule has 0 aliphatic carbocycles. The van der Waals surface area contributed by atoms with E-state index < -0.39 is 10.0 Å². The Kier molecular flexibility index (Phi) is 3.72. The van der Waals surface area contributed by atoms with Gasteiger partial charge in [-0.2, -0.15) is 0 Å². The molecule has 0 radical (unpaired) electrons. The van der Waals surface area contributed by atoms with Gasteiger partial charge in [0.25, 0.3) is 0 Å². The van der Waals surface area contributed by atoms with Crippen LogP contribution < -0.4 is 4.72 Å². The van der Waals surface area contributed by atoms with E-state index in [1.807, 2.05) is 37.3 Å². The van der Waals surface area contributed by atoms with Crippen molar-refractivity contribution in [2.45, 2.75) is 24.8 Å². The molecule has 3 aromatic rings. The lowest BCUT2D eigenvalue weighted by molar-refractivity contribution is 0.556. The van der Waals surface area contributed by atoms with Gasteiger partial charge in [-0.1, -0.05) is 30.3 Å². The molecule has 0 bridgehead atoms. The highest BCUT2D eigenvalue weighted by Gasteiger charge is 2.19. The first-order valence-electron chi connectivity index (χ1n) is 6.90. The van der Waals surface area contributed by atoms with Crippen LogP contribution in [0.5, 0.6) is 0 Å². The Morgan fingerprint density at radius 3 is 2.59 bits per heavy atom. The van der Waals surface area contributed by atoms with Crippen molar-refractivity contribution < 1.29 is 12.8 Å². The first-order valence-corrected chi connectivity index (χ1v) is 8.38.